The van der Waals surface area contributed by atoms with Crippen LogP contribution in [0.5, 0.6) is 0 Å². The normalized spacial score (nSPS) is 3.25. The summed E-state index contributed by atoms with van der Waals surface area (Å²) in [4.78, 5) is 0. The van der Waals surface area contributed by atoms with E-state index in [1.807, 2.05) is 20.8 Å². The fourth-order valence-corrected chi connectivity index (χ4v) is 0. The summed E-state index contributed by atoms with van der Waals surface area (Å²) in [6.07, 6.45) is 5.25. The largest absolute Gasteiger partial charge is 0.103 e. The minimum absolute atomic E-state index is 0. The molecular weight excluding hydrogens is 177 g/mol. The summed E-state index contributed by atoms with van der Waals surface area (Å²) in [5.74, 6) is 0. The van der Waals surface area contributed by atoms with Crippen LogP contribution in [0.4, 0.5) is 0 Å². The summed E-state index contributed by atoms with van der Waals surface area (Å²) in [5.41, 5.74) is 0. The van der Waals surface area contributed by atoms with Crippen LogP contribution in [0.3, 0.4) is 0 Å². The van der Waals surface area contributed by atoms with E-state index in [0.29, 0.717) is 0 Å². The maximum absolute atomic E-state index is 3.36. The molecule has 0 aliphatic carbocycles. The second-order valence-electron chi connectivity index (χ2n) is 1.22. The van der Waals surface area contributed by atoms with Crippen molar-refractivity contribution >= 4 is 88.7 Å². The molecule has 0 unspecified atom stereocenters. The van der Waals surface area contributed by atoms with Gasteiger partial charge in [0.25, 0.3) is 0 Å². The summed E-state index contributed by atoms with van der Waals surface area (Å²) in [5, 5.41) is 0. The SMILES string of the molecule is C=CC.C=CC.C=CC.[Na].[Na].[Na]. The maximum Gasteiger partial charge on any atom is 0 e. The van der Waals surface area contributed by atoms with Crippen LogP contribution in [-0.2, 0) is 0 Å². The van der Waals surface area contributed by atoms with Crippen LogP contribution >= 0.6 is 0 Å². The molecule has 0 nitrogen and oxygen atoms in total. The molecule has 0 aliphatic heterocycles. The van der Waals surface area contributed by atoms with E-state index in [1.165, 1.54) is 0 Å². The third kappa shape index (κ3) is 312. The molecule has 0 bridgehead atoms. The Morgan fingerprint density at radius 3 is 0.583 bits per heavy atom. The molecule has 0 fully saturated rings. The average molecular weight is 195 g/mol. The molecule has 0 aromatic heterocycles. The summed E-state index contributed by atoms with van der Waals surface area (Å²) < 4.78 is 0. The summed E-state index contributed by atoms with van der Waals surface area (Å²) >= 11 is 0. The van der Waals surface area contributed by atoms with Crippen molar-refractivity contribution in [3.05, 3.63) is 38.0 Å². The molecular formula is C9H18Na3. The first-order valence-electron chi connectivity index (χ1n) is 2.96. The first-order chi connectivity index (χ1) is 4.24. The van der Waals surface area contributed by atoms with Gasteiger partial charge in [-0.1, -0.05) is 18.2 Å². The first-order valence-corrected chi connectivity index (χ1v) is 2.96. The molecule has 0 rings (SSSR count). The second kappa shape index (κ2) is 72.4. The van der Waals surface area contributed by atoms with Gasteiger partial charge in [0.1, 0.15) is 0 Å². The van der Waals surface area contributed by atoms with Crippen LogP contribution in [0.25, 0.3) is 0 Å². The minimum Gasteiger partial charge on any atom is -0.103 e. The molecule has 0 atom stereocenters. The Morgan fingerprint density at radius 1 is 0.583 bits per heavy atom. The van der Waals surface area contributed by atoms with E-state index < -0.39 is 0 Å². The van der Waals surface area contributed by atoms with Crippen molar-refractivity contribution < 1.29 is 0 Å². The van der Waals surface area contributed by atoms with E-state index in [9.17, 15) is 0 Å². The molecule has 0 aromatic rings. The fraction of sp³-hybridized carbons (Fsp3) is 0.333. The van der Waals surface area contributed by atoms with E-state index >= 15 is 0 Å². The molecule has 0 amide bonds. The van der Waals surface area contributed by atoms with Gasteiger partial charge in [-0.3, -0.25) is 0 Å². The Hall–Kier alpha value is 2.22. The van der Waals surface area contributed by atoms with Gasteiger partial charge in [-0.05, 0) is 20.8 Å². The Bertz CT molecular complexity index is 46.5. The van der Waals surface area contributed by atoms with Crippen LogP contribution in [0.15, 0.2) is 38.0 Å². The van der Waals surface area contributed by atoms with Crippen LogP contribution < -0.4 is 0 Å². The van der Waals surface area contributed by atoms with Gasteiger partial charge in [0.2, 0.25) is 0 Å². The van der Waals surface area contributed by atoms with Gasteiger partial charge in [0.15, 0.2) is 0 Å². The van der Waals surface area contributed by atoms with Gasteiger partial charge in [-0.15, -0.1) is 19.7 Å². The molecule has 0 N–H and O–H groups in total. The topological polar surface area (TPSA) is 0 Å². The molecule has 57 valence electrons. The van der Waals surface area contributed by atoms with Gasteiger partial charge in [0.05, 0.1) is 0 Å². The molecule has 3 radical (unpaired) electrons. The van der Waals surface area contributed by atoms with Crippen molar-refractivity contribution in [2.75, 3.05) is 0 Å². The summed E-state index contributed by atoms with van der Waals surface area (Å²) in [6.45, 7) is 15.8. The van der Waals surface area contributed by atoms with Crippen molar-refractivity contribution in [2.45, 2.75) is 20.8 Å². The first kappa shape index (κ1) is 36.8. The standard InChI is InChI=1S/3C3H6.3Na/c3*1-3-2;;;/h3*3H,1H2,2H3;;;. The smallest absolute Gasteiger partial charge is 0 e. The van der Waals surface area contributed by atoms with E-state index in [2.05, 4.69) is 19.7 Å². The Labute approximate surface area is 145 Å². The molecule has 0 aliphatic rings. The quantitative estimate of drug-likeness (QED) is 0.411. The van der Waals surface area contributed by atoms with Crippen molar-refractivity contribution in [3.8, 4) is 0 Å². The zero-order chi connectivity index (χ0) is 8.12. The van der Waals surface area contributed by atoms with Gasteiger partial charge in [0, 0.05) is 88.7 Å². The van der Waals surface area contributed by atoms with E-state index in [1.54, 1.807) is 18.2 Å². The Balaban J connectivity index is -0.00000001000. The number of allylic oxidation sites excluding steroid dienone is 3. The monoisotopic (exact) mass is 195 g/mol. The summed E-state index contributed by atoms with van der Waals surface area (Å²) in [6, 6.07) is 0. The predicted octanol–water partition coefficient (Wildman–Crippen LogP) is 2.43. The molecule has 3 heteroatoms. The molecule has 0 heterocycles. The molecule has 0 saturated carbocycles. The van der Waals surface area contributed by atoms with Crippen molar-refractivity contribution in [1.29, 1.82) is 0 Å². The Morgan fingerprint density at radius 2 is 0.583 bits per heavy atom. The van der Waals surface area contributed by atoms with E-state index in [-0.39, 0.29) is 88.7 Å². The van der Waals surface area contributed by atoms with Crippen LogP contribution in [0.2, 0.25) is 0 Å². The fourth-order valence-electron chi connectivity index (χ4n) is 0. The van der Waals surface area contributed by atoms with Gasteiger partial charge < -0.3 is 0 Å². The third-order valence-corrected chi connectivity index (χ3v) is 0. The Kier molecular flexibility index (Phi) is 222. The number of hydrogen-bond donors (Lipinski definition) is 0. The maximum atomic E-state index is 3.36. The average Bonchev–Trinajstić information content (AvgIpc) is 1.70. The molecule has 0 spiro atoms. The minimum atomic E-state index is 0. The molecule has 0 saturated heterocycles. The van der Waals surface area contributed by atoms with Crippen molar-refractivity contribution in [3.63, 3.8) is 0 Å². The molecule has 0 aromatic carbocycles. The van der Waals surface area contributed by atoms with Crippen LogP contribution in [-0.4, -0.2) is 88.7 Å². The zero-order valence-electron chi connectivity index (χ0n) is 9.85. The second-order valence-corrected chi connectivity index (χ2v) is 1.22. The summed E-state index contributed by atoms with van der Waals surface area (Å²) in [7, 11) is 0. The van der Waals surface area contributed by atoms with Gasteiger partial charge in [-0.2, -0.15) is 0 Å². The van der Waals surface area contributed by atoms with E-state index in [0.717, 1.165) is 0 Å². The van der Waals surface area contributed by atoms with Crippen LogP contribution in [0.1, 0.15) is 20.8 Å². The van der Waals surface area contributed by atoms with Crippen LogP contribution in [0, 0.1) is 0 Å². The predicted molar refractivity (Wildman–Crippen MR) is 64.9 cm³/mol. The van der Waals surface area contributed by atoms with Gasteiger partial charge >= 0.3 is 0 Å². The van der Waals surface area contributed by atoms with Crippen molar-refractivity contribution in [1.82, 2.24) is 0 Å². The molecule has 12 heavy (non-hydrogen) atoms. The van der Waals surface area contributed by atoms with Gasteiger partial charge in [-0.25, -0.2) is 0 Å². The van der Waals surface area contributed by atoms with Crippen molar-refractivity contribution in [2.24, 2.45) is 0 Å². The van der Waals surface area contributed by atoms with E-state index in [4.69, 9.17) is 0 Å². The number of hydrogen-bond acceptors (Lipinski definition) is 0. The number of rotatable bonds is 0. The zero-order valence-corrected chi connectivity index (χ0v) is 15.9. The third-order valence-electron chi connectivity index (χ3n) is 0.